The van der Waals surface area contributed by atoms with E-state index < -0.39 is 0 Å². The fourth-order valence-corrected chi connectivity index (χ4v) is 4.02. The minimum atomic E-state index is -0.301. The Morgan fingerprint density at radius 1 is 1.09 bits per heavy atom. The van der Waals surface area contributed by atoms with Gasteiger partial charge in [0.25, 0.3) is 5.56 Å². The van der Waals surface area contributed by atoms with Crippen molar-refractivity contribution in [1.82, 2.24) is 34.7 Å². The summed E-state index contributed by atoms with van der Waals surface area (Å²) < 4.78 is 12.5. The van der Waals surface area contributed by atoms with Crippen LogP contribution < -0.4 is 20.3 Å². The molecule has 0 aliphatic rings. The van der Waals surface area contributed by atoms with Gasteiger partial charge in [-0.05, 0) is 12.5 Å². The zero-order valence-electron chi connectivity index (χ0n) is 19.2. The van der Waals surface area contributed by atoms with Crippen molar-refractivity contribution in [2.75, 3.05) is 19.5 Å². The number of pyridine rings is 1. The summed E-state index contributed by atoms with van der Waals surface area (Å²) >= 11 is 0. The number of rotatable bonds is 7. The van der Waals surface area contributed by atoms with Crippen molar-refractivity contribution in [3.05, 3.63) is 53.0 Å². The lowest BCUT2D eigenvalue weighted by Crippen LogP contribution is -2.18. The van der Waals surface area contributed by atoms with E-state index in [1.807, 2.05) is 6.92 Å². The van der Waals surface area contributed by atoms with Gasteiger partial charge in [0.15, 0.2) is 11.5 Å². The molecule has 0 amide bonds. The smallest absolute Gasteiger partial charge is 0.261 e. The second-order valence-electron chi connectivity index (χ2n) is 7.79. The fourth-order valence-electron chi connectivity index (χ4n) is 4.02. The monoisotopic (exact) mass is 476 g/mol. The maximum absolute atomic E-state index is 13.3. The number of hydrogen-bond acceptors (Lipinski definition) is 8. The third kappa shape index (κ3) is 4.16. The molecule has 4 aromatic heterocycles. The Kier molecular flexibility index (Phi) is 6.41. The lowest BCUT2D eigenvalue weighted by atomic mass is 10.1. The summed E-state index contributed by atoms with van der Waals surface area (Å²) in [6.45, 7) is 2.02. The van der Waals surface area contributed by atoms with Crippen molar-refractivity contribution in [2.45, 2.75) is 26.8 Å². The Labute approximate surface area is 201 Å². The molecule has 0 aliphatic heterocycles. The van der Waals surface area contributed by atoms with E-state index in [-0.39, 0.29) is 19.0 Å². The molecule has 0 bridgehead atoms. The summed E-state index contributed by atoms with van der Waals surface area (Å²) in [6.07, 6.45) is 5.85. The SMILES string of the molecule is C.CC[C@H](Nc1c(-c2nc3cc(OC)c(OC)cc3[nH]2)c(=O)[nH]c2cn(C)nc12)c1ncccn1. The van der Waals surface area contributed by atoms with Gasteiger partial charge in [-0.2, -0.15) is 5.10 Å². The molecule has 0 saturated carbocycles. The van der Waals surface area contributed by atoms with Crippen LogP contribution in [0.15, 0.2) is 41.6 Å². The molecule has 0 aliphatic carbocycles. The first-order chi connectivity index (χ1) is 16.5. The van der Waals surface area contributed by atoms with Gasteiger partial charge in [-0.1, -0.05) is 14.4 Å². The minimum absolute atomic E-state index is 0. The molecule has 35 heavy (non-hydrogen) atoms. The first kappa shape index (κ1) is 23.7. The molecule has 1 aromatic carbocycles. The highest BCUT2D eigenvalue weighted by molar-refractivity contribution is 5.96. The van der Waals surface area contributed by atoms with Crippen molar-refractivity contribution in [3.8, 4) is 22.9 Å². The first-order valence-electron chi connectivity index (χ1n) is 10.8. The molecule has 5 aromatic rings. The third-order valence-corrected chi connectivity index (χ3v) is 5.64. The predicted octanol–water partition coefficient (Wildman–Crippen LogP) is 3.81. The Morgan fingerprint density at radius 2 is 1.80 bits per heavy atom. The van der Waals surface area contributed by atoms with Crippen molar-refractivity contribution < 1.29 is 9.47 Å². The van der Waals surface area contributed by atoms with Crippen LogP contribution in [-0.2, 0) is 7.05 Å². The molecule has 0 spiro atoms. The lowest BCUT2D eigenvalue weighted by molar-refractivity contribution is 0.356. The summed E-state index contributed by atoms with van der Waals surface area (Å²) in [5.41, 5.74) is 3.16. The molecule has 3 N–H and O–H groups in total. The summed E-state index contributed by atoms with van der Waals surface area (Å²) in [4.78, 5) is 33.0. The van der Waals surface area contributed by atoms with Gasteiger partial charge in [0.2, 0.25) is 0 Å². The van der Waals surface area contributed by atoms with E-state index in [9.17, 15) is 4.79 Å². The number of aromatic nitrogens is 7. The largest absolute Gasteiger partial charge is 0.493 e. The molecule has 0 saturated heterocycles. The predicted molar refractivity (Wildman–Crippen MR) is 135 cm³/mol. The summed E-state index contributed by atoms with van der Waals surface area (Å²) in [5.74, 6) is 2.13. The molecule has 11 heteroatoms. The number of anilines is 1. The standard InChI is InChI=1S/C23H24N8O3.CH4/c1-5-12(21-24-7-6-8-25-21)26-20-18(23(32)29-15-11-31(2)30-19(15)20)22-27-13-9-16(33-3)17(34-4)10-14(13)28-22;/h6-12,26H,5H2,1-4H3,(H,27,28)(H,29,32);1H4/t12-;/m0./s1. The average Bonchev–Trinajstić information content (AvgIpc) is 3.43. The molecular weight excluding hydrogens is 448 g/mol. The molecule has 11 nitrogen and oxygen atoms in total. The van der Waals surface area contributed by atoms with Gasteiger partial charge in [-0.25, -0.2) is 15.0 Å². The van der Waals surface area contributed by atoms with E-state index in [2.05, 4.69) is 30.4 Å². The highest BCUT2D eigenvalue weighted by Crippen LogP contribution is 2.35. The number of hydrogen-bond donors (Lipinski definition) is 3. The number of imidazole rings is 1. The maximum Gasteiger partial charge on any atom is 0.261 e. The van der Waals surface area contributed by atoms with Crippen LogP contribution in [0.1, 0.15) is 32.6 Å². The van der Waals surface area contributed by atoms with Crippen LogP contribution in [0.2, 0.25) is 0 Å². The van der Waals surface area contributed by atoms with Crippen molar-refractivity contribution in [2.24, 2.45) is 7.05 Å². The van der Waals surface area contributed by atoms with E-state index in [0.717, 1.165) is 0 Å². The molecule has 182 valence electrons. The lowest BCUT2D eigenvalue weighted by Gasteiger charge is -2.18. The van der Waals surface area contributed by atoms with Crippen molar-refractivity contribution >= 4 is 27.8 Å². The Balaban J connectivity index is 0.00000289. The van der Waals surface area contributed by atoms with Crippen molar-refractivity contribution in [3.63, 3.8) is 0 Å². The van der Waals surface area contributed by atoms with Gasteiger partial charge in [0, 0.05) is 37.8 Å². The van der Waals surface area contributed by atoms with Crippen LogP contribution in [0.3, 0.4) is 0 Å². The first-order valence-corrected chi connectivity index (χ1v) is 10.8. The number of aryl methyl sites for hydroxylation is 1. The molecule has 0 radical (unpaired) electrons. The summed E-state index contributed by atoms with van der Waals surface area (Å²) in [5, 5.41) is 8.06. The van der Waals surface area contributed by atoms with Gasteiger partial charge in [0.1, 0.15) is 22.7 Å². The Hall–Kier alpha value is -4.41. The van der Waals surface area contributed by atoms with Crippen LogP contribution in [0.4, 0.5) is 5.69 Å². The van der Waals surface area contributed by atoms with Gasteiger partial charge in [0.05, 0.1) is 42.5 Å². The second kappa shape index (κ2) is 9.45. The zero-order chi connectivity index (χ0) is 23.8. The number of benzene rings is 1. The Bertz CT molecular complexity index is 1500. The third-order valence-electron chi connectivity index (χ3n) is 5.64. The molecule has 5 rings (SSSR count). The molecule has 0 unspecified atom stereocenters. The van der Waals surface area contributed by atoms with Gasteiger partial charge in [-0.15, -0.1) is 0 Å². The molecule has 0 fully saturated rings. The number of fused-ring (bicyclic) bond motifs is 2. The summed E-state index contributed by atoms with van der Waals surface area (Å²) in [7, 11) is 4.94. The van der Waals surface area contributed by atoms with E-state index in [4.69, 9.17) is 14.5 Å². The zero-order valence-corrected chi connectivity index (χ0v) is 19.2. The van der Waals surface area contributed by atoms with E-state index in [0.29, 0.717) is 62.9 Å². The minimum Gasteiger partial charge on any atom is -0.493 e. The highest BCUT2D eigenvalue weighted by atomic mass is 16.5. The van der Waals surface area contributed by atoms with E-state index in [1.54, 1.807) is 62.7 Å². The number of nitrogens with one attached hydrogen (secondary N) is 3. The number of aromatic amines is 2. The van der Waals surface area contributed by atoms with Crippen LogP contribution in [0, 0.1) is 0 Å². The van der Waals surface area contributed by atoms with Gasteiger partial charge < -0.3 is 24.8 Å². The van der Waals surface area contributed by atoms with Crippen LogP contribution in [0.5, 0.6) is 11.5 Å². The summed E-state index contributed by atoms with van der Waals surface area (Å²) in [6, 6.07) is 5.08. The molecular formula is C24H28N8O3. The van der Waals surface area contributed by atoms with Crippen LogP contribution in [-0.4, -0.2) is 48.9 Å². The topological polar surface area (TPSA) is 136 Å². The molecule has 4 heterocycles. The second-order valence-corrected chi connectivity index (χ2v) is 7.79. The average molecular weight is 477 g/mol. The Morgan fingerprint density at radius 3 is 2.49 bits per heavy atom. The number of nitrogens with zero attached hydrogens (tertiary/aromatic N) is 5. The fraction of sp³-hybridized carbons (Fsp3) is 0.292. The van der Waals surface area contributed by atoms with Gasteiger partial charge in [-0.3, -0.25) is 9.48 Å². The number of ether oxygens (including phenoxy) is 2. The normalized spacial score (nSPS) is 11.9. The van der Waals surface area contributed by atoms with E-state index >= 15 is 0 Å². The van der Waals surface area contributed by atoms with Crippen molar-refractivity contribution in [1.29, 1.82) is 0 Å². The van der Waals surface area contributed by atoms with Crippen LogP contribution in [0.25, 0.3) is 33.5 Å². The van der Waals surface area contributed by atoms with Crippen LogP contribution >= 0.6 is 0 Å². The van der Waals surface area contributed by atoms with E-state index in [1.165, 1.54) is 0 Å². The number of methoxy groups -OCH3 is 2. The van der Waals surface area contributed by atoms with Gasteiger partial charge >= 0.3 is 0 Å². The highest BCUT2D eigenvalue weighted by Gasteiger charge is 2.24. The molecule has 1 atom stereocenters. The quantitative estimate of drug-likeness (QED) is 0.323. The maximum atomic E-state index is 13.3. The number of H-pyrrole nitrogens is 2.